The minimum Gasteiger partial charge on any atom is -0.383 e. The second-order valence-electron chi connectivity index (χ2n) is 3.24. The minimum atomic E-state index is -0.345. The molecule has 0 amide bonds. The van der Waals surface area contributed by atoms with Crippen molar-refractivity contribution in [2.24, 2.45) is 5.73 Å². The number of hydrogen-bond acceptors (Lipinski definition) is 4. The molecular weight excluding hydrogens is 197 g/mol. The van der Waals surface area contributed by atoms with Crippen molar-refractivity contribution in [2.75, 3.05) is 25.6 Å². The number of nitrogens with two attached hydrogens (primary N) is 1. The average molecular weight is 213 g/mol. The second-order valence-corrected chi connectivity index (χ2v) is 3.24. The predicted molar refractivity (Wildman–Crippen MR) is 57.2 cm³/mol. The van der Waals surface area contributed by atoms with Crippen LogP contribution in [0.1, 0.15) is 6.42 Å². The van der Waals surface area contributed by atoms with Crippen molar-refractivity contribution in [3.8, 4) is 0 Å². The maximum Gasteiger partial charge on any atom is 0.141 e. The highest BCUT2D eigenvalue weighted by molar-refractivity contribution is 5.34. The average Bonchev–Trinajstić information content (AvgIpc) is 2.22. The molecule has 15 heavy (non-hydrogen) atoms. The molecule has 1 unspecified atom stereocenters. The third-order valence-electron chi connectivity index (χ3n) is 1.96. The maximum absolute atomic E-state index is 12.6. The molecule has 0 aliphatic heterocycles. The van der Waals surface area contributed by atoms with Gasteiger partial charge in [-0.3, -0.25) is 0 Å². The number of ether oxygens (including phenoxy) is 1. The van der Waals surface area contributed by atoms with E-state index in [4.69, 9.17) is 10.5 Å². The summed E-state index contributed by atoms with van der Waals surface area (Å²) in [7, 11) is 1.63. The first-order valence-corrected chi connectivity index (χ1v) is 4.83. The molecule has 3 N–H and O–H groups in total. The van der Waals surface area contributed by atoms with Gasteiger partial charge >= 0.3 is 0 Å². The molecule has 0 aromatic carbocycles. The van der Waals surface area contributed by atoms with Crippen LogP contribution in [0.4, 0.5) is 10.2 Å². The number of pyridine rings is 1. The zero-order valence-electron chi connectivity index (χ0n) is 8.74. The van der Waals surface area contributed by atoms with Crippen molar-refractivity contribution in [1.82, 2.24) is 4.98 Å². The first-order valence-electron chi connectivity index (χ1n) is 4.83. The molecule has 5 heteroatoms. The van der Waals surface area contributed by atoms with Crippen LogP contribution in [0.2, 0.25) is 0 Å². The molecule has 1 aromatic rings. The van der Waals surface area contributed by atoms with Gasteiger partial charge in [0.1, 0.15) is 11.6 Å². The van der Waals surface area contributed by atoms with E-state index < -0.39 is 0 Å². The number of anilines is 1. The second kappa shape index (κ2) is 6.31. The van der Waals surface area contributed by atoms with Gasteiger partial charge in [0, 0.05) is 7.11 Å². The summed E-state index contributed by atoms with van der Waals surface area (Å²) in [6.07, 6.45) is 1.96. The van der Waals surface area contributed by atoms with Crippen LogP contribution < -0.4 is 11.1 Å². The maximum atomic E-state index is 12.6. The van der Waals surface area contributed by atoms with Gasteiger partial charge in [0.05, 0.1) is 18.8 Å². The summed E-state index contributed by atoms with van der Waals surface area (Å²) >= 11 is 0. The van der Waals surface area contributed by atoms with Crippen molar-refractivity contribution < 1.29 is 9.13 Å². The fourth-order valence-electron chi connectivity index (χ4n) is 1.27. The molecule has 0 aliphatic carbocycles. The normalized spacial score (nSPS) is 12.5. The molecule has 0 saturated carbocycles. The molecule has 0 fully saturated rings. The topological polar surface area (TPSA) is 60.2 Å². The lowest BCUT2D eigenvalue weighted by Crippen LogP contribution is -2.28. The van der Waals surface area contributed by atoms with Crippen LogP contribution in [-0.2, 0) is 4.74 Å². The standard InChI is InChI=1S/C10H16FN3O/c1-15-7-9(4-5-12)14-10-3-2-8(11)6-13-10/h2-3,6,9H,4-5,7,12H2,1H3,(H,13,14). The lowest BCUT2D eigenvalue weighted by molar-refractivity contribution is 0.183. The fraction of sp³-hybridized carbons (Fsp3) is 0.500. The lowest BCUT2D eigenvalue weighted by Gasteiger charge is -2.17. The van der Waals surface area contributed by atoms with Crippen LogP contribution in [0.15, 0.2) is 18.3 Å². The molecule has 1 heterocycles. The molecule has 0 aliphatic rings. The van der Waals surface area contributed by atoms with E-state index in [2.05, 4.69) is 10.3 Å². The predicted octanol–water partition coefficient (Wildman–Crippen LogP) is 0.996. The Hall–Kier alpha value is -1.20. The highest BCUT2D eigenvalue weighted by atomic mass is 19.1. The smallest absolute Gasteiger partial charge is 0.141 e. The Morgan fingerprint density at radius 2 is 2.40 bits per heavy atom. The molecule has 1 rings (SSSR count). The molecule has 1 aromatic heterocycles. The van der Waals surface area contributed by atoms with E-state index in [-0.39, 0.29) is 11.9 Å². The van der Waals surface area contributed by atoms with E-state index in [1.807, 2.05) is 0 Å². The number of nitrogens with one attached hydrogen (secondary N) is 1. The van der Waals surface area contributed by atoms with Crippen LogP contribution in [0, 0.1) is 5.82 Å². The van der Waals surface area contributed by atoms with E-state index in [9.17, 15) is 4.39 Å². The largest absolute Gasteiger partial charge is 0.383 e. The molecule has 1 atom stereocenters. The van der Waals surface area contributed by atoms with E-state index in [1.165, 1.54) is 12.3 Å². The van der Waals surface area contributed by atoms with Crippen LogP contribution >= 0.6 is 0 Å². The Kier molecular flexibility index (Phi) is 5.00. The summed E-state index contributed by atoms with van der Waals surface area (Å²) in [6.45, 7) is 1.12. The Balaban J connectivity index is 2.53. The number of nitrogens with zero attached hydrogens (tertiary/aromatic N) is 1. The van der Waals surface area contributed by atoms with Gasteiger partial charge in [-0.2, -0.15) is 0 Å². The van der Waals surface area contributed by atoms with E-state index in [1.54, 1.807) is 13.2 Å². The number of rotatable bonds is 6. The zero-order valence-corrected chi connectivity index (χ0v) is 8.74. The zero-order chi connectivity index (χ0) is 11.1. The summed E-state index contributed by atoms with van der Waals surface area (Å²) in [4.78, 5) is 3.90. The quantitative estimate of drug-likeness (QED) is 0.740. The van der Waals surface area contributed by atoms with E-state index in [0.29, 0.717) is 19.0 Å². The van der Waals surface area contributed by atoms with Gasteiger partial charge in [-0.05, 0) is 25.1 Å². The molecule has 0 bridgehead atoms. The summed E-state index contributed by atoms with van der Waals surface area (Å²) in [5.74, 6) is 0.287. The first-order chi connectivity index (χ1) is 7.26. The van der Waals surface area contributed by atoms with Crippen molar-refractivity contribution in [1.29, 1.82) is 0 Å². The van der Waals surface area contributed by atoms with Crippen LogP contribution in [-0.4, -0.2) is 31.3 Å². The van der Waals surface area contributed by atoms with Gasteiger partial charge in [-0.1, -0.05) is 0 Å². The molecule has 0 saturated heterocycles. The lowest BCUT2D eigenvalue weighted by atomic mass is 10.2. The first kappa shape index (κ1) is 11.9. The Morgan fingerprint density at radius 1 is 1.60 bits per heavy atom. The van der Waals surface area contributed by atoms with Gasteiger partial charge in [0.15, 0.2) is 0 Å². The number of methoxy groups -OCH3 is 1. The SMILES string of the molecule is COCC(CCN)Nc1ccc(F)cn1. The third-order valence-corrected chi connectivity index (χ3v) is 1.96. The summed E-state index contributed by atoms with van der Waals surface area (Å²) in [5, 5.41) is 3.13. The Morgan fingerprint density at radius 3 is 2.93 bits per heavy atom. The van der Waals surface area contributed by atoms with Crippen molar-refractivity contribution >= 4 is 5.82 Å². The summed E-state index contributed by atoms with van der Waals surface area (Å²) in [6, 6.07) is 3.06. The van der Waals surface area contributed by atoms with Crippen molar-refractivity contribution in [3.05, 3.63) is 24.1 Å². The number of aromatic nitrogens is 1. The monoisotopic (exact) mass is 213 g/mol. The Bertz CT molecular complexity index is 273. The fourth-order valence-corrected chi connectivity index (χ4v) is 1.27. The van der Waals surface area contributed by atoms with Gasteiger partial charge in [-0.15, -0.1) is 0 Å². The molecule has 4 nitrogen and oxygen atoms in total. The third kappa shape index (κ3) is 4.22. The van der Waals surface area contributed by atoms with Gasteiger partial charge in [0.25, 0.3) is 0 Å². The van der Waals surface area contributed by atoms with Crippen LogP contribution in [0.3, 0.4) is 0 Å². The molecule has 84 valence electrons. The van der Waals surface area contributed by atoms with Crippen LogP contribution in [0.5, 0.6) is 0 Å². The summed E-state index contributed by atoms with van der Waals surface area (Å²) < 4.78 is 17.6. The van der Waals surface area contributed by atoms with E-state index >= 15 is 0 Å². The highest BCUT2D eigenvalue weighted by Crippen LogP contribution is 2.07. The summed E-state index contributed by atoms with van der Waals surface area (Å²) in [5.41, 5.74) is 5.46. The Labute approximate surface area is 88.6 Å². The highest BCUT2D eigenvalue weighted by Gasteiger charge is 2.07. The van der Waals surface area contributed by atoms with Gasteiger partial charge in [-0.25, -0.2) is 9.37 Å². The van der Waals surface area contributed by atoms with E-state index in [0.717, 1.165) is 6.42 Å². The van der Waals surface area contributed by atoms with Crippen molar-refractivity contribution in [3.63, 3.8) is 0 Å². The van der Waals surface area contributed by atoms with Crippen LogP contribution in [0.25, 0.3) is 0 Å². The van der Waals surface area contributed by atoms with Gasteiger partial charge in [0.2, 0.25) is 0 Å². The molecular formula is C10H16FN3O. The van der Waals surface area contributed by atoms with Crippen molar-refractivity contribution in [2.45, 2.75) is 12.5 Å². The number of hydrogen-bond donors (Lipinski definition) is 2. The number of halogens is 1. The van der Waals surface area contributed by atoms with Gasteiger partial charge < -0.3 is 15.8 Å². The molecule has 0 radical (unpaired) electrons. The molecule has 0 spiro atoms. The minimum absolute atomic E-state index is 0.109.